The van der Waals surface area contributed by atoms with Crippen LogP contribution < -0.4 is 11.1 Å². The van der Waals surface area contributed by atoms with Gasteiger partial charge in [-0.25, -0.2) is 22.6 Å². The lowest BCUT2D eigenvalue weighted by Crippen LogP contribution is -2.52. The van der Waals surface area contributed by atoms with Gasteiger partial charge in [0.2, 0.25) is 0 Å². The summed E-state index contributed by atoms with van der Waals surface area (Å²) in [4.78, 5) is 19.3. The minimum atomic E-state index is -4.02. The number of halogens is 6. The summed E-state index contributed by atoms with van der Waals surface area (Å²) in [5.74, 6) is -6.55. The Balaban J connectivity index is 1.93. The third-order valence-corrected chi connectivity index (χ3v) is 4.61. The van der Waals surface area contributed by atoms with Crippen LogP contribution in [-0.4, -0.2) is 28.9 Å². The molecular weight excluding hydrogens is 430 g/mol. The summed E-state index contributed by atoms with van der Waals surface area (Å²) < 4.78 is 86.5. The second kappa shape index (κ2) is 7.84. The Morgan fingerprint density at radius 2 is 1.94 bits per heavy atom. The number of rotatable bonds is 4. The average molecular weight is 446 g/mol. The van der Waals surface area contributed by atoms with Crippen molar-refractivity contribution in [1.82, 2.24) is 4.98 Å². The molecule has 166 valence electrons. The Labute approximate surface area is 172 Å². The number of carbonyl (C=O) groups is 1. The molecule has 0 spiro atoms. The number of ether oxygens (including phenoxy) is 1. The summed E-state index contributed by atoms with van der Waals surface area (Å²) in [7, 11) is 0. The van der Waals surface area contributed by atoms with Gasteiger partial charge in [0.05, 0.1) is 5.56 Å². The van der Waals surface area contributed by atoms with Crippen molar-refractivity contribution in [3.8, 4) is 0 Å². The molecule has 2 heterocycles. The van der Waals surface area contributed by atoms with Gasteiger partial charge < -0.3 is 15.8 Å². The summed E-state index contributed by atoms with van der Waals surface area (Å²) in [6.45, 7) is 2.31. The van der Waals surface area contributed by atoms with Crippen molar-refractivity contribution in [1.29, 1.82) is 0 Å². The Bertz CT molecular complexity index is 1060. The molecule has 3 rings (SSSR count). The van der Waals surface area contributed by atoms with Gasteiger partial charge >= 0.3 is 6.11 Å². The Morgan fingerprint density at radius 1 is 1.26 bits per heavy atom. The molecule has 0 bridgehead atoms. The molecule has 2 atom stereocenters. The predicted octanol–water partition coefficient (Wildman–Crippen LogP) is 4.21. The fraction of sp³-hybridized carbons (Fsp3) is 0.316. The maximum Gasteiger partial charge on any atom is 0.415 e. The molecular formula is C19H16F6N4O2. The first-order valence-electron chi connectivity index (χ1n) is 8.81. The van der Waals surface area contributed by atoms with E-state index in [-0.39, 0.29) is 22.5 Å². The van der Waals surface area contributed by atoms with E-state index in [1.165, 1.54) is 6.92 Å². The van der Waals surface area contributed by atoms with Gasteiger partial charge in [-0.3, -0.25) is 9.78 Å². The molecule has 0 fully saturated rings. The van der Waals surface area contributed by atoms with E-state index in [4.69, 9.17) is 5.73 Å². The highest BCUT2D eigenvalue weighted by Gasteiger charge is 2.53. The lowest BCUT2D eigenvalue weighted by molar-refractivity contribution is -0.248. The maximum atomic E-state index is 15.4. The molecule has 1 aromatic heterocycles. The molecule has 0 radical (unpaired) electrons. The Hall–Kier alpha value is -3.15. The van der Waals surface area contributed by atoms with E-state index < -0.39 is 47.6 Å². The van der Waals surface area contributed by atoms with Crippen LogP contribution in [0.1, 0.15) is 40.5 Å². The zero-order valence-corrected chi connectivity index (χ0v) is 16.1. The minimum absolute atomic E-state index is 0.129. The van der Waals surface area contributed by atoms with Crippen LogP contribution in [0.5, 0.6) is 0 Å². The molecule has 0 aliphatic carbocycles. The molecule has 6 nitrogen and oxygen atoms in total. The number of aryl methyl sites for hydroxylation is 1. The number of amidine groups is 1. The highest BCUT2D eigenvalue weighted by molar-refractivity contribution is 6.03. The number of aliphatic imine (C=N–C) groups is 1. The number of aromatic nitrogens is 1. The fourth-order valence-corrected chi connectivity index (χ4v) is 2.99. The molecule has 1 amide bonds. The molecule has 1 aliphatic heterocycles. The Kier molecular flexibility index (Phi) is 5.70. The van der Waals surface area contributed by atoms with Crippen LogP contribution in [0.25, 0.3) is 0 Å². The zero-order chi connectivity index (χ0) is 23.1. The van der Waals surface area contributed by atoms with Gasteiger partial charge in [-0.1, -0.05) is 0 Å². The van der Waals surface area contributed by atoms with Crippen LogP contribution in [0, 0.1) is 12.7 Å². The minimum Gasteiger partial charge on any atom is -0.380 e. The van der Waals surface area contributed by atoms with Crippen molar-refractivity contribution in [3.05, 3.63) is 58.7 Å². The average Bonchev–Trinajstić information content (AvgIpc) is 2.67. The standard InChI is InChI=1S/C19H16F6N4O2/c1-8-5-10(15(21)22)7-27-14(8)16(30)28-11-3-4-13(20)12(6-11)18(23)9(2)31-19(24,25)17(26)29-18/h3-7,9,15H,1-2H3,(H2,26,29)(H,28,30). The van der Waals surface area contributed by atoms with Gasteiger partial charge in [-0.2, -0.15) is 8.78 Å². The van der Waals surface area contributed by atoms with Crippen LogP contribution in [-0.2, 0) is 10.5 Å². The van der Waals surface area contributed by atoms with Crippen LogP contribution in [0.15, 0.2) is 35.5 Å². The second-order valence-corrected chi connectivity index (χ2v) is 6.83. The van der Waals surface area contributed by atoms with E-state index >= 15 is 4.39 Å². The summed E-state index contributed by atoms with van der Waals surface area (Å²) >= 11 is 0. The van der Waals surface area contributed by atoms with Crippen LogP contribution in [0.3, 0.4) is 0 Å². The summed E-state index contributed by atoms with van der Waals surface area (Å²) in [6.07, 6.45) is -7.88. The highest BCUT2D eigenvalue weighted by Crippen LogP contribution is 2.42. The molecule has 2 aromatic rings. The first-order chi connectivity index (χ1) is 14.3. The molecule has 31 heavy (non-hydrogen) atoms. The number of hydrogen-bond acceptors (Lipinski definition) is 5. The van der Waals surface area contributed by atoms with Crippen LogP contribution >= 0.6 is 0 Å². The zero-order valence-electron chi connectivity index (χ0n) is 16.1. The number of carbonyl (C=O) groups excluding carboxylic acids is 1. The van der Waals surface area contributed by atoms with E-state index in [0.29, 0.717) is 0 Å². The third kappa shape index (κ3) is 4.20. The number of nitrogens with two attached hydrogens (primary N) is 1. The number of benzene rings is 1. The van der Waals surface area contributed by atoms with E-state index in [0.717, 1.165) is 37.4 Å². The van der Waals surface area contributed by atoms with Gasteiger partial charge in [0.25, 0.3) is 18.1 Å². The monoisotopic (exact) mass is 446 g/mol. The number of alkyl halides is 5. The maximum absolute atomic E-state index is 15.4. The summed E-state index contributed by atoms with van der Waals surface area (Å²) in [6, 6.07) is 3.80. The van der Waals surface area contributed by atoms with E-state index in [1.54, 1.807) is 0 Å². The van der Waals surface area contributed by atoms with Gasteiger partial charge in [-0.15, -0.1) is 0 Å². The first kappa shape index (κ1) is 22.5. The molecule has 1 aromatic carbocycles. The SMILES string of the molecule is Cc1cc(C(F)F)cnc1C(=O)Nc1ccc(F)c(C2(F)N=C(N)C(F)(F)OC2C)c1. The quantitative estimate of drug-likeness (QED) is 0.544. The fourth-order valence-electron chi connectivity index (χ4n) is 2.99. The summed E-state index contributed by atoms with van der Waals surface area (Å²) in [5, 5.41) is 2.32. The smallest absolute Gasteiger partial charge is 0.380 e. The van der Waals surface area contributed by atoms with Crippen molar-refractivity contribution in [2.75, 3.05) is 5.32 Å². The lowest BCUT2D eigenvalue weighted by Gasteiger charge is -2.36. The molecule has 3 N–H and O–H groups in total. The summed E-state index contributed by atoms with van der Waals surface area (Å²) in [5.41, 5.74) is 3.71. The molecule has 0 saturated heterocycles. The van der Waals surface area contributed by atoms with Crippen molar-refractivity contribution in [2.24, 2.45) is 10.7 Å². The normalized spacial score (nSPS) is 22.9. The van der Waals surface area contributed by atoms with Crippen molar-refractivity contribution in [2.45, 2.75) is 38.3 Å². The number of nitrogens with zero attached hydrogens (tertiary/aromatic N) is 2. The largest absolute Gasteiger partial charge is 0.415 e. The van der Waals surface area contributed by atoms with Crippen molar-refractivity contribution in [3.63, 3.8) is 0 Å². The van der Waals surface area contributed by atoms with Gasteiger partial charge in [0.15, 0.2) is 5.84 Å². The number of pyridine rings is 1. The van der Waals surface area contributed by atoms with Gasteiger partial charge in [0, 0.05) is 17.4 Å². The first-order valence-corrected chi connectivity index (χ1v) is 8.81. The molecule has 1 aliphatic rings. The highest BCUT2D eigenvalue weighted by atomic mass is 19.3. The third-order valence-electron chi connectivity index (χ3n) is 4.61. The number of anilines is 1. The lowest BCUT2D eigenvalue weighted by atomic mass is 9.97. The number of amides is 1. The van der Waals surface area contributed by atoms with Crippen molar-refractivity contribution < 1.29 is 35.9 Å². The predicted molar refractivity (Wildman–Crippen MR) is 98.2 cm³/mol. The van der Waals surface area contributed by atoms with E-state index in [1.807, 2.05) is 0 Å². The second-order valence-electron chi connectivity index (χ2n) is 6.83. The van der Waals surface area contributed by atoms with E-state index in [9.17, 15) is 26.7 Å². The topological polar surface area (TPSA) is 89.6 Å². The van der Waals surface area contributed by atoms with Crippen molar-refractivity contribution >= 4 is 17.4 Å². The molecule has 2 unspecified atom stereocenters. The van der Waals surface area contributed by atoms with Crippen LogP contribution in [0.4, 0.5) is 32.0 Å². The van der Waals surface area contributed by atoms with E-state index in [2.05, 4.69) is 20.0 Å². The number of hydrogen-bond donors (Lipinski definition) is 2. The van der Waals surface area contributed by atoms with Gasteiger partial charge in [-0.05, 0) is 43.7 Å². The number of nitrogens with one attached hydrogen (secondary N) is 1. The Morgan fingerprint density at radius 3 is 2.55 bits per heavy atom. The molecule has 0 saturated carbocycles. The van der Waals surface area contributed by atoms with Crippen LogP contribution in [0.2, 0.25) is 0 Å². The molecule has 12 heteroatoms. The van der Waals surface area contributed by atoms with Gasteiger partial charge in [0.1, 0.15) is 17.6 Å².